The summed E-state index contributed by atoms with van der Waals surface area (Å²) >= 11 is 0. The standard InChI is InChI=1S/C20H22N4O/c1-3-25-19-18(11-15-7-5-4-6-8-15)14(2)24(23-19)20-21-12-17(13-22-20)16-9-10-16/h4-8,12-13,16H,3,9-11H2,1-2H3. The van der Waals surface area contributed by atoms with Gasteiger partial charge in [0.05, 0.1) is 12.3 Å². The van der Waals surface area contributed by atoms with Crippen LogP contribution in [0.25, 0.3) is 5.95 Å². The topological polar surface area (TPSA) is 52.8 Å². The molecule has 4 rings (SSSR count). The molecule has 1 saturated carbocycles. The van der Waals surface area contributed by atoms with Gasteiger partial charge in [0.25, 0.3) is 5.95 Å². The van der Waals surface area contributed by atoms with Gasteiger partial charge in [-0.1, -0.05) is 30.3 Å². The van der Waals surface area contributed by atoms with Crippen LogP contribution in [0.4, 0.5) is 0 Å². The third kappa shape index (κ3) is 3.27. The highest BCUT2D eigenvalue weighted by Gasteiger charge is 2.24. The summed E-state index contributed by atoms with van der Waals surface area (Å²) < 4.78 is 7.57. The Bertz CT molecular complexity index is 851. The second-order valence-electron chi connectivity index (χ2n) is 6.47. The van der Waals surface area contributed by atoms with Crippen LogP contribution < -0.4 is 4.74 Å². The summed E-state index contributed by atoms with van der Waals surface area (Å²) in [5.41, 5.74) is 4.56. The van der Waals surface area contributed by atoms with E-state index in [1.165, 1.54) is 24.0 Å². The summed E-state index contributed by atoms with van der Waals surface area (Å²) in [6.45, 7) is 4.60. The Morgan fingerprint density at radius 2 is 1.84 bits per heavy atom. The van der Waals surface area contributed by atoms with E-state index < -0.39 is 0 Å². The van der Waals surface area contributed by atoms with E-state index in [9.17, 15) is 0 Å². The number of hydrogen-bond acceptors (Lipinski definition) is 4. The molecule has 0 bridgehead atoms. The van der Waals surface area contributed by atoms with E-state index in [-0.39, 0.29) is 0 Å². The molecule has 5 heteroatoms. The molecule has 1 aromatic carbocycles. The normalized spacial score (nSPS) is 13.8. The molecule has 3 aromatic rings. The average Bonchev–Trinajstić information content (AvgIpc) is 3.45. The molecular formula is C20H22N4O. The Labute approximate surface area is 147 Å². The molecule has 1 aliphatic carbocycles. The highest BCUT2D eigenvalue weighted by molar-refractivity contribution is 5.39. The van der Waals surface area contributed by atoms with Gasteiger partial charge in [-0.2, -0.15) is 4.68 Å². The van der Waals surface area contributed by atoms with Crippen LogP contribution in [0, 0.1) is 6.92 Å². The van der Waals surface area contributed by atoms with Crippen molar-refractivity contribution in [3.05, 3.63) is 65.1 Å². The summed E-state index contributed by atoms with van der Waals surface area (Å²) in [5, 5.41) is 4.63. The molecule has 2 heterocycles. The summed E-state index contributed by atoms with van der Waals surface area (Å²) in [7, 11) is 0. The Kier molecular flexibility index (Phi) is 4.22. The molecule has 2 aromatic heterocycles. The van der Waals surface area contributed by atoms with Crippen LogP contribution in [0.3, 0.4) is 0 Å². The summed E-state index contributed by atoms with van der Waals surface area (Å²) in [6.07, 6.45) is 7.14. The fraction of sp³-hybridized carbons (Fsp3) is 0.350. The molecule has 1 aliphatic rings. The smallest absolute Gasteiger partial charge is 0.250 e. The minimum absolute atomic E-state index is 0.583. The highest BCUT2D eigenvalue weighted by atomic mass is 16.5. The molecule has 128 valence electrons. The van der Waals surface area contributed by atoms with Gasteiger partial charge in [0.15, 0.2) is 0 Å². The minimum Gasteiger partial charge on any atom is -0.477 e. The van der Waals surface area contributed by atoms with E-state index in [1.807, 2.05) is 32.3 Å². The van der Waals surface area contributed by atoms with Crippen molar-refractivity contribution in [2.24, 2.45) is 0 Å². The Morgan fingerprint density at radius 3 is 2.48 bits per heavy atom. The Morgan fingerprint density at radius 1 is 1.12 bits per heavy atom. The van der Waals surface area contributed by atoms with Gasteiger partial charge in [-0.25, -0.2) is 9.97 Å². The molecule has 5 nitrogen and oxygen atoms in total. The van der Waals surface area contributed by atoms with Crippen molar-refractivity contribution >= 4 is 0 Å². The molecule has 1 fully saturated rings. The fourth-order valence-electron chi connectivity index (χ4n) is 3.03. The number of benzene rings is 1. The van der Waals surface area contributed by atoms with E-state index in [0.29, 0.717) is 24.4 Å². The molecule has 0 amide bonds. The zero-order valence-electron chi connectivity index (χ0n) is 14.6. The Balaban J connectivity index is 1.69. The summed E-state index contributed by atoms with van der Waals surface area (Å²) in [6, 6.07) is 10.4. The predicted molar refractivity (Wildman–Crippen MR) is 96.3 cm³/mol. The number of ether oxygens (including phenoxy) is 1. The molecule has 0 radical (unpaired) electrons. The average molecular weight is 334 g/mol. The van der Waals surface area contributed by atoms with E-state index >= 15 is 0 Å². The lowest BCUT2D eigenvalue weighted by molar-refractivity contribution is 0.321. The highest BCUT2D eigenvalue weighted by Crippen LogP contribution is 2.39. The molecule has 0 atom stereocenters. The molecule has 0 N–H and O–H groups in total. The minimum atomic E-state index is 0.583. The third-order valence-corrected chi connectivity index (χ3v) is 4.60. The van der Waals surface area contributed by atoms with Gasteiger partial charge < -0.3 is 4.74 Å². The molecule has 25 heavy (non-hydrogen) atoms. The largest absolute Gasteiger partial charge is 0.477 e. The number of nitrogens with zero attached hydrogens (tertiary/aromatic N) is 4. The van der Waals surface area contributed by atoms with Crippen LogP contribution >= 0.6 is 0 Å². The zero-order valence-corrected chi connectivity index (χ0v) is 14.6. The molecule has 0 saturated heterocycles. The van der Waals surface area contributed by atoms with Crippen LogP contribution in [0.15, 0.2) is 42.7 Å². The van der Waals surface area contributed by atoms with E-state index in [4.69, 9.17) is 4.74 Å². The van der Waals surface area contributed by atoms with Gasteiger partial charge in [-0.3, -0.25) is 0 Å². The first kappa shape index (κ1) is 15.8. The van der Waals surface area contributed by atoms with E-state index in [0.717, 1.165) is 17.7 Å². The second-order valence-corrected chi connectivity index (χ2v) is 6.47. The monoisotopic (exact) mass is 334 g/mol. The SMILES string of the molecule is CCOc1nn(-c2ncc(C3CC3)cn2)c(C)c1Cc1ccccc1. The van der Waals surface area contributed by atoms with Gasteiger partial charge in [-0.15, -0.1) is 5.10 Å². The number of hydrogen-bond donors (Lipinski definition) is 0. The molecule has 0 spiro atoms. The Hall–Kier alpha value is -2.69. The summed E-state index contributed by atoms with van der Waals surface area (Å²) in [4.78, 5) is 9.05. The van der Waals surface area contributed by atoms with Crippen molar-refractivity contribution < 1.29 is 4.74 Å². The molecule has 0 aliphatic heterocycles. The van der Waals surface area contributed by atoms with Crippen molar-refractivity contribution in [2.45, 2.75) is 39.0 Å². The van der Waals surface area contributed by atoms with Crippen molar-refractivity contribution in [1.29, 1.82) is 0 Å². The number of rotatable bonds is 6. The predicted octanol–water partition coefficient (Wildman–Crippen LogP) is 3.84. The second kappa shape index (κ2) is 6.67. The van der Waals surface area contributed by atoms with Crippen molar-refractivity contribution in [2.75, 3.05) is 6.61 Å². The summed E-state index contributed by atoms with van der Waals surface area (Å²) in [5.74, 6) is 1.92. The van der Waals surface area contributed by atoms with Gasteiger partial charge in [0.2, 0.25) is 5.88 Å². The third-order valence-electron chi connectivity index (χ3n) is 4.60. The van der Waals surface area contributed by atoms with Crippen molar-refractivity contribution in [3.8, 4) is 11.8 Å². The van der Waals surface area contributed by atoms with Gasteiger partial charge >= 0.3 is 0 Å². The lowest BCUT2D eigenvalue weighted by atomic mass is 10.1. The lowest BCUT2D eigenvalue weighted by Gasteiger charge is -2.05. The fourth-order valence-corrected chi connectivity index (χ4v) is 3.03. The van der Waals surface area contributed by atoms with Gasteiger partial charge in [0.1, 0.15) is 0 Å². The lowest BCUT2D eigenvalue weighted by Crippen LogP contribution is -2.05. The maximum Gasteiger partial charge on any atom is 0.250 e. The van der Waals surface area contributed by atoms with Crippen LogP contribution in [0.5, 0.6) is 5.88 Å². The molecular weight excluding hydrogens is 312 g/mol. The first-order valence-corrected chi connectivity index (χ1v) is 8.83. The van der Waals surface area contributed by atoms with E-state index in [1.54, 1.807) is 4.68 Å². The van der Waals surface area contributed by atoms with Gasteiger partial charge in [0, 0.05) is 24.4 Å². The van der Waals surface area contributed by atoms with Crippen LogP contribution in [0.2, 0.25) is 0 Å². The number of aromatic nitrogens is 4. The zero-order chi connectivity index (χ0) is 17.2. The first-order valence-electron chi connectivity index (χ1n) is 8.83. The first-order chi connectivity index (χ1) is 12.3. The van der Waals surface area contributed by atoms with Gasteiger partial charge in [-0.05, 0) is 43.7 Å². The van der Waals surface area contributed by atoms with Crippen LogP contribution in [-0.2, 0) is 6.42 Å². The van der Waals surface area contributed by atoms with Crippen LogP contribution in [-0.4, -0.2) is 26.4 Å². The van der Waals surface area contributed by atoms with E-state index in [2.05, 4.69) is 39.3 Å². The maximum atomic E-state index is 5.78. The maximum absolute atomic E-state index is 5.78. The van der Waals surface area contributed by atoms with Crippen LogP contribution in [0.1, 0.15) is 48.1 Å². The quantitative estimate of drug-likeness (QED) is 0.687. The molecule has 0 unspecified atom stereocenters. The van der Waals surface area contributed by atoms with Crippen molar-refractivity contribution in [3.63, 3.8) is 0 Å². The van der Waals surface area contributed by atoms with Crippen molar-refractivity contribution in [1.82, 2.24) is 19.7 Å².